The van der Waals surface area contributed by atoms with Crippen LogP contribution in [0.3, 0.4) is 0 Å². The van der Waals surface area contributed by atoms with Gasteiger partial charge in [0.05, 0.1) is 11.4 Å². The highest BCUT2D eigenvalue weighted by atomic mass is 32.2. The molecular weight excluding hydrogens is 260 g/mol. The van der Waals surface area contributed by atoms with Crippen LogP contribution in [-0.4, -0.2) is 40.9 Å². The topological polar surface area (TPSA) is 34.5 Å². The number of hydrogen-bond acceptors (Lipinski definition) is 3. The van der Waals surface area contributed by atoms with Gasteiger partial charge in [-0.3, -0.25) is 4.79 Å². The van der Waals surface area contributed by atoms with Crippen molar-refractivity contribution in [1.29, 1.82) is 0 Å². The minimum atomic E-state index is 0.165. The Morgan fingerprint density at radius 2 is 2.32 bits per heavy atom. The third-order valence-electron chi connectivity index (χ3n) is 3.24. The minimum Gasteiger partial charge on any atom is -0.381 e. The Kier molecular flexibility index (Phi) is 5.34. The highest BCUT2D eigenvalue weighted by Gasteiger charge is 2.33. The van der Waals surface area contributed by atoms with E-state index in [1.165, 1.54) is 5.69 Å². The predicted molar refractivity (Wildman–Crippen MR) is 78.1 cm³/mol. The standard InChI is InChI=1S/C14H22N2O2S/c1-3-9-18-10-5-8-16-13(17)11-19-14(16)12-6-4-7-15(12)2/h4,6-7,14H,3,5,8-11H2,1-2H3. The first kappa shape index (κ1) is 14.5. The molecule has 0 N–H and O–H groups in total. The molecule has 106 valence electrons. The van der Waals surface area contributed by atoms with E-state index < -0.39 is 0 Å². The molecule has 0 bridgehead atoms. The van der Waals surface area contributed by atoms with Crippen LogP contribution >= 0.6 is 11.8 Å². The summed E-state index contributed by atoms with van der Waals surface area (Å²) in [4.78, 5) is 13.9. The van der Waals surface area contributed by atoms with Crippen molar-refractivity contribution in [2.75, 3.05) is 25.5 Å². The Balaban J connectivity index is 1.89. The maximum atomic E-state index is 12.0. The molecule has 19 heavy (non-hydrogen) atoms. The molecule has 1 saturated heterocycles. The van der Waals surface area contributed by atoms with Gasteiger partial charge in [0.15, 0.2) is 0 Å². The van der Waals surface area contributed by atoms with Crippen molar-refractivity contribution in [3.63, 3.8) is 0 Å². The average molecular weight is 282 g/mol. The molecule has 1 fully saturated rings. The van der Waals surface area contributed by atoms with E-state index in [4.69, 9.17) is 4.74 Å². The molecule has 1 aliphatic heterocycles. The maximum Gasteiger partial charge on any atom is 0.233 e. The lowest BCUT2D eigenvalue weighted by atomic mass is 10.3. The normalized spacial score (nSPS) is 19.4. The second-order valence-corrected chi connectivity index (χ2v) is 5.83. The number of rotatable bonds is 7. The van der Waals surface area contributed by atoms with Gasteiger partial charge in [0.25, 0.3) is 0 Å². The molecule has 0 saturated carbocycles. The second kappa shape index (κ2) is 7.01. The molecule has 4 nitrogen and oxygen atoms in total. The maximum absolute atomic E-state index is 12.0. The van der Waals surface area contributed by atoms with Gasteiger partial charge in [-0.05, 0) is 25.0 Å². The summed E-state index contributed by atoms with van der Waals surface area (Å²) in [7, 11) is 2.03. The van der Waals surface area contributed by atoms with Gasteiger partial charge in [-0.1, -0.05) is 6.92 Å². The van der Waals surface area contributed by atoms with E-state index in [0.29, 0.717) is 5.75 Å². The number of carbonyl (C=O) groups excluding carboxylic acids is 1. The largest absolute Gasteiger partial charge is 0.381 e. The molecule has 1 unspecified atom stereocenters. The number of ether oxygens (including phenoxy) is 1. The zero-order valence-electron chi connectivity index (χ0n) is 11.7. The van der Waals surface area contributed by atoms with Crippen molar-refractivity contribution in [2.24, 2.45) is 7.05 Å². The SMILES string of the molecule is CCCOCCCN1C(=O)CSC1c1cccn1C. The van der Waals surface area contributed by atoms with Crippen LogP contribution in [0.4, 0.5) is 0 Å². The monoisotopic (exact) mass is 282 g/mol. The highest BCUT2D eigenvalue weighted by molar-refractivity contribution is 8.00. The fraction of sp³-hybridized carbons (Fsp3) is 0.643. The molecule has 1 aromatic heterocycles. The first-order chi connectivity index (χ1) is 9.24. The van der Waals surface area contributed by atoms with Crippen LogP contribution in [0.15, 0.2) is 18.3 Å². The molecule has 1 amide bonds. The summed E-state index contributed by atoms with van der Waals surface area (Å²) in [6, 6.07) is 4.12. The summed E-state index contributed by atoms with van der Waals surface area (Å²) in [6.45, 7) is 4.43. The summed E-state index contributed by atoms with van der Waals surface area (Å²) in [6.07, 6.45) is 3.99. The molecule has 0 spiro atoms. The lowest BCUT2D eigenvalue weighted by Crippen LogP contribution is -2.30. The van der Waals surface area contributed by atoms with E-state index in [-0.39, 0.29) is 11.3 Å². The van der Waals surface area contributed by atoms with Gasteiger partial charge in [-0.15, -0.1) is 11.8 Å². The Hall–Kier alpha value is -0.940. The average Bonchev–Trinajstić information content (AvgIpc) is 2.96. The predicted octanol–water partition coefficient (Wildman–Crippen LogP) is 2.42. The van der Waals surface area contributed by atoms with Crippen LogP contribution in [0.5, 0.6) is 0 Å². The zero-order valence-corrected chi connectivity index (χ0v) is 12.5. The summed E-state index contributed by atoms with van der Waals surface area (Å²) in [5.41, 5.74) is 1.20. The van der Waals surface area contributed by atoms with E-state index in [1.807, 2.05) is 24.2 Å². The smallest absolute Gasteiger partial charge is 0.233 e. The van der Waals surface area contributed by atoms with Crippen LogP contribution in [0, 0.1) is 0 Å². The number of carbonyl (C=O) groups is 1. The number of amides is 1. The van der Waals surface area contributed by atoms with E-state index in [2.05, 4.69) is 17.6 Å². The summed E-state index contributed by atoms with van der Waals surface area (Å²) in [5.74, 6) is 0.831. The van der Waals surface area contributed by atoms with Gasteiger partial charge < -0.3 is 14.2 Å². The fourth-order valence-electron chi connectivity index (χ4n) is 2.26. The van der Waals surface area contributed by atoms with Crippen LogP contribution in [0.1, 0.15) is 30.8 Å². The van der Waals surface area contributed by atoms with Crippen molar-refractivity contribution in [3.05, 3.63) is 24.0 Å². The second-order valence-electron chi connectivity index (χ2n) is 4.76. The molecule has 1 aliphatic rings. The van der Waals surface area contributed by atoms with Gasteiger partial charge in [-0.2, -0.15) is 0 Å². The van der Waals surface area contributed by atoms with Crippen LogP contribution < -0.4 is 0 Å². The van der Waals surface area contributed by atoms with Gasteiger partial charge in [-0.25, -0.2) is 0 Å². The zero-order chi connectivity index (χ0) is 13.7. The van der Waals surface area contributed by atoms with Crippen molar-refractivity contribution in [2.45, 2.75) is 25.1 Å². The van der Waals surface area contributed by atoms with Crippen LogP contribution in [-0.2, 0) is 16.6 Å². The number of hydrogen-bond donors (Lipinski definition) is 0. The molecule has 2 rings (SSSR count). The van der Waals surface area contributed by atoms with Crippen molar-refractivity contribution >= 4 is 17.7 Å². The van der Waals surface area contributed by atoms with Gasteiger partial charge in [0, 0.05) is 33.0 Å². The molecule has 2 heterocycles. The van der Waals surface area contributed by atoms with E-state index in [0.717, 1.165) is 32.6 Å². The molecular formula is C14H22N2O2S. The molecule has 1 atom stereocenters. The molecule has 0 aliphatic carbocycles. The summed E-state index contributed by atoms with van der Waals surface area (Å²) >= 11 is 1.71. The third-order valence-corrected chi connectivity index (χ3v) is 4.47. The summed E-state index contributed by atoms with van der Waals surface area (Å²) in [5, 5.41) is 0.165. The minimum absolute atomic E-state index is 0.165. The van der Waals surface area contributed by atoms with Gasteiger partial charge in [0.1, 0.15) is 5.37 Å². The number of thioether (sulfide) groups is 1. The van der Waals surface area contributed by atoms with Crippen molar-refractivity contribution in [3.8, 4) is 0 Å². The Labute approximate surface area is 119 Å². The number of nitrogens with zero attached hydrogens (tertiary/aromatic N) is 2. The van der Waals surface area contributed by atoms with E-state index in [1.54, 1.807) is 11.8 Å². The Morgan fingerprint density at radius 3 is 3.00 bits per heavy atom. The molecule has 1 aromatic rings. The van der Waals surface area contributed by atoms with Crippen molar-refractivity contribution < 1.29 is 9.53 Å². The first-order valence-corrected chi connectivity index (χ1v) is 7.89. The first-order valence-electron chi connectivity index (χ1n) is 6.84. The molecule has 0 radical (unpaired) electrons. The van der Waals surface area contributed by atoms with Crippen molar-refractivity contribution in [1.82, 2.24) is 9.47 Å². The summed E-state index contributed by atoms with van der Waals surface area (Å²) < 4.78 is 7.57. The third kappa shape index (κ3) is 3.54. The van der Waals surface area contributed by atoms with Gasteiger partial charge in [0.2, 0.25) is 5.91 Å². The molecule has 5 heteroatoms. The lowest BCUT2D eigenvalue weighted by Gasteiger charge is -2.24. The number of aromatic nitrogens is 1. The number of aryl methyl sites for hydroxylation is 1. The Morgan fingerprint density at radius 1 is 1.47 bits per heavy atom. The Bertz CT molecular complexity index is 419. The quantitative estimate of drug-likeness (QED) is 0.720. The highest BCUT2D eigenvalue weighted by Crippen LogP contribution is 2.38. The van der Waals surface area contributed by atoms with Crippen LogP contribution in [0.2, 0.25) is 0 Å². The van der Waals surface area contributed by atoms with Crippen LogP contribution in [0.25, 0.3) is 0 Å². The van der Waals surface area contributed by atoms with Gasteiger partial charge >= 0.3 is 0 Å². The fourth-order valence-corrected chi connectivity index (χ4v) is 3.54. The molecule has 0 aromatic carbocycles. The lowest BCUT2D eigenvalue weighted by molar-refractivity contribution is -0.128. The van der Waals surface area contributed by atoms with E-state index >= 15 is 0 Å². The van der Waals surface area contributed by atoms with E-state index in [9.17, 15) is 4.79 Å².